The van der Waals surface area contributed by atoms with Gasteiger partial charge in [-0.3, -0.25) is 9.59 Å². The van der Waals surface area contributed by atoms with Crippen LogP contribution in [0.3, 0.4) is 0 Å². The van der Waals surface area contributed by atoms with Gasteiger partial charge in [0.25, 0.3) is 0 Å². The lowest BCUT2D eigenvalue weighted by Gasteiger charge is -2.09. The van der Waals surface area contributed by atoms with Crippen LogP contribution in [-0.4, -0.2) is 18.4 Å². The van der Waals surface area contributed by atoms with Crippen molar-refractivity contribution < 1.29 is 23.8 Å². The van der Waals surface area contributed by atoms with Crippen LogP contribution in [0.4, 0.5) is 0 Å². The largest absolute Gasteiger partial charge is 0.493 e. The predicted molar refractivity (Wildman–Crippen MR) is 114 cm³/mol. The summed E-state index contributed by atoms with van der Waals surface area (Å²) in [6, 6.07) is 12.4. The van der Waals surface area contributed by atoms with E-state index in [9.17, 15) is 9.59 Å². The third kappa shape index (κ3) is 4.56. The number of fused-ring (bicyclic) bond motifs is 1. The van der Waals surface area contributed by atoms with Crippen molar-refractivity contribution in [2.24, 2.45) is 5.92 Å². The Morgan fingerprint density at radius 3 is 2.77 bits per heavy atom. The average molecular weight is 406 g/mol. The van der Waals surface area contributed by atoms with Crippen LogP contribution in [0.1, 0.15) is 61.4 Å². The molecule has 5 heteroatoms. The highest BCUT2D eigenvalue weighted by atomic mass is 16.5. The number of allylic oxidation sites excluding steroid dienone is 1. The van der Waals surface area contributed by atoms with Gasteiger partial charge in [0.15, 0.2) is 5.76 Å². The number of rotatable bonds is 7. The van der Waals surface area contributed by atoms with Crippen molar-refractivity contribution in [3.63, 3.8) is 0 Å². The van der Waals surface area contributed by atoms with Crippen LogP contribution in [0.5, 0.6) is 17.2 Å². The fourth-order valence-corrected chi connectivity index (χ4v) is 4.06. The molecule has 30 heavy (non-hydrogen) atoms. The normalized spacial score (nSPS) is 17.1. The first kappa shape index (κ1) is 20.2. The van der Waals surface area contributed by atoms with E-state index in [4.69, 9.17) is 14.2 Å². The highest BCUT2D eigenvalue weighted by molar-refractivity contribution is 6.14. The van der Waals surface area contributed by atoms with Gasteiger partial charge in [-0.1, -0.05) is 43.9 Å². The summed E-state index contributed by atoms with van der Waals surface area (Å²) in [6.07, 6.45) is 7.93. The van der Waals surface area contributed by atoms with Gasteiger partial charge in [-0.25, -0.2) is 0 Å². The van der Waals surface area contributed by atoms with Crippen LogP contribution in [0.2, 0.25) is 0 Å². The van der Waals surface area contributed by atoms with Crippen molar-refractivity contribution in [1.29, 1.82) is 0 Å². The number of para-hydroxylation sites is 1. The minimum atomic E-state index is -0.243. The van der Waals surface area contributed by atoms with Crippen molar-refractivity contribution in [2.75, 3.05) is 6.61 Å². The lowest BCUT2D eigenvalue weighted by molar-refractivity contribution is -0.134. The quantitative estimate of drug-likeness (QED) is 0.341. The Morgan fingerprint density at radius 1 is 1.17 bits per heavy atom. The van der Waals surface area contributed by atoms with Gasteiger partial charge in [0, 0.05) is 18.1 Å². The summed E-state index contributed by atoms with van der Waals surface area (Å²) in [6.45, 7) is 2.44. The molecular formula is C25H26O5. The molecule has 1 saturated carbocycles. The Bertz CT molecular complexity index is 969. The van der Waals surface area contributed by atoms with Crippen molar-refractivity contribution in [3.05, 3.63) is 59.4 Å². The smallest absolute Gasteiger partial charge is 0.311 e. The van der Waals surface area contributed by atoms with E-state index >= 15 is 0 Å². The van der Waals surface area contributed by atoms with Gasteiger partial charge < -0.3 is 14.2 Å². The summed E-state index contributed by atoms with van der Waals surface area (Å²) in [5.74, 6) is 1.92. The molecule has 1 aliphatic carbocycles. The first-order valence-electron chi connectivity index (χ1n) is 10.6. The Labute approximate surface area is 176 Å². The molecule has 0 saturated heterocycles. The second-order valence-electron chi connectivity index (χ2n) is 7.73. The highest BCUT2D eigenvalue weighted by Gasteiger charge is 2.28. The molecule has 4 rings (SSSR count). The number of ketones is 1. The first-order valence-corrected chi connectivity index (χ1v) is 10.6. The molecule has 0 unspecified atom stereocenters. The van der Waals surface area contributed by atoms with E-state index < -0.39 is 0 Å². The molecule has 2 aromatic rings. The summed E-state index contributed by atoms with van der Waals surface area (Å²) in [7, 11) is 0. The number of esters is 1. The maximum atomic E-state index is 12.7. The number of carbonyl (C=O) groups is 2. The van der Waals surface area contributed by atoms with Crippen molar-refractivity contribution in [1.82, 2.24) is 0 Å². The van der Waals surface area contributed by atoms with Crippen molar-refractivity contribution in [2.45, 2.75) is 45.4 Å². The molecule has 0 radical (unpaired) electrons. The number of benzene rings is 2. The number of ether oxygens (including phenoxy) is 3. The van der Waals surface area contributed by atoms with Gasteiger partial charge in [0.2, 0.25) is 5.78 Å². The topological polar surface area (TPSA) is 61.8 Å². The summed E-state index contributed by atoms with van der Waals surface area (Å²) < 4.78 is 16.9. The fourth-order valence-electron chi connectivity index (χ4n) is 4.06. The Hall–Kier alpha value is -3.08. The molecule has 0 aromatic heterocycles. The van der Waals surface area contributed by atoms with E-state index in [-0.39, 0.29) is 17.5 Å². The SMILES string of the molecule is CCOc1ccccc1/C=C1\Oc2cc(OC(=O)CCC3CCCC3)ccc2C1=O. The van der Waals surface area contributed by atoms with Crippen LogP contribution in [0, 0.1) is 5.92 Å². The van der Waals surface area contributed by atoms with E-state index in [1.165, 1.54) is 25.7 Å². The predicted octanol–water partition coefficient (Wildman–Crippen LogP) is 5.58. The lowest BCUT2D eigenvalue weighted by Crippen LogP contribution is -2.09. The third-order valence-corrected chi connectivity index (χ3v) is 5.61. The molecule has 5 nitrogen and oxygen atoms in total. The van der Waals surface area contributed by atoms with Gasteiger partial charge in [-0.15, -0.1) is 0 Å². The van der Waals surface area contributed by atoms with E-state index in [0.717, 1.165) is 12.0 Å². The van der Waals surface area contributed by atoms with Gasteiger partial charge in [-0.2, -0.15) is 0 Å². The van der Waals surface area contributed by atoms with E-state index in [0.29, 0.717) is 41.8 Å². The van der Waals surface area contributed by atoms with E-state index in [1.54, 1.807) is 24.3 Å². The van der Waals surface area contributed by atoms with Gasteiger partial charge in [0.05, 0.1) is 12.2 Å². The molecule has 0 atom stereocenters. The first-order chi connectivity index (χ1) is 14.6. The van der Waals surface area contributed by atoms with E-state index in [2.05, 4.69) is 0 Å². The minimum absolute atomic E-state index is 0.199. The van der Waals surface area contributed by atoms with Crippen molar-refractivity contribution >= 4 is 17.8 Å². The summed E-state index contributed by atoms with van der Waals surface area (Å²) in [4.78, 5) is 24.9. The third-order valence-electron chi connectivity index (χ3n) is 5.61. The molecule has 0 N–H and O–H groups in total. The van der Waals surface area contributed by atoms with Gasteiger partial charge in [-0.05, 0) is 43.5 Å². The lowest BCUT2D eigenvalue weighted by atomic mass is 10.0. The number of Topliss-reactive ketones (excluding diaryl/α,β-unsaturated/α-hetero) is 1. The molecule has 2 aliphatic rings. The Kier molecular flexibility index (Phi) is 6.17. The second kappa shape index (κ2) is 9.16. The molecule has 2 aromatic carbocycles. The Balaban J connectivity index is 1.44. The monoisotopic (exact) mass is 406 g/mol. The van der Waals surface area contributed by atoms with Crippen LogP contribution >= 0.6 is 0 Å². The van der Waals surface area contributed by atoms with Crippen LogP contribution < -0.4 is 14.2 Å². The zero-order valence-corrected chi connectivity index (χ0v) is 17.2. The standard InChI is InChI=1S/C25H26O5/c1-2-28-21-10-6-5-9-18(21)15-23-25(27)20-13-12-19(16-22(20)30-23)29-24(26)14-11-17-7-3-4-8-17/h5-6,9-10,12-13,15-17H,2-4,7-8,11,14H2,1H3/b23-15-. The van der Waals surface area contributed by atoms with Crippen LogP contribution in [-0.2, 0) is 4.79 Å². The van der Waals surface area contributed by atoms with Crippen LogP contribution in [0.15, 0.2) is 48.2 Å². The van der Waals surface area contributed by atoms with Gasteiger partial charge in [0.1, 0.15) is 17.2 Å². The zero-order chi connectivity index (χ0) is 20.9. The fraction of sp³-hybridized carbons (Fsp3) is 0.360. The summed E-state index contributed by atoms with van der Waals surface area (Å²) >= 11 is 0. The summed E-state index contributed by atoms with van der Waals surface area (Å²) in [5, 5.41) is 0. The van der Waals surface area contributed by atoms with Crippen molar-refractivity contribution in [3.8, 4) is 17.2 Å². The number of hydrogen-bond donors (Lipinski definition) is 0. The molecule has 0 spiro atoms. The minimum Gasteiger partial charge on any atom is -0.493 e. The maximum Gasteiger partial charge on any atom is 0.311 e. The zero-order valence-electron chi connectivity index (χ0n) is 17.2. The number of carbonyl (C=O) groups excluding carboxylic acids is 2. The molecule has 156 valence electrons. The molecular weight excluding hydrogens is 380 g/mol. The summed E-state index contributed by atoms with van der Waals surface area (Å²) in [5.41, 5.74) is 1.23. The second-order valence-corrected chi connectivity index (χ2v) is 7.73. The van der Waals surface area contributed by atoms with E-state index in [1.807, 2.05) is 31.2 Å². The molecule has 0 amide bonds. The molecule has 0 bridgehead atoms. The maximum absolute atomic E-state index is 12.7. The molecule has 1 fully saturated rings. The average Bonchev–Trinajstić information content (AvgIpc) is 3.36. The van der Waals surface area contributed by atoms with Crippen LogP contribution in [0.25, 0.3) is 6.08 Å². The molecule has 1 aliphatic heterocycles. The Morgan fingerprint density at radius 2 is 1.97 bits per heavy atom. The molecule has 1 heterocycles. The highest BCUT2D eigenvalue weighted by Crippen LogP contribution is 2.36. The number of hydrogen-bond acceptors (Lipinski definition) is 5. The van der Waals surface area contributed by atoms with Gasteiger partial charge >= 0.3 is 5.97 Å².